The molecule has 0 amide bonds. The number of carbonyl (C=O) groups is 1. The molecule has 5 heteroatoms. The third-order valence-electron chi connectivity index (χ3n) is 2.80. The lowest BCUT2D eigenvalue weighted by atomic mass is 10.1. The van der Waals surface area contributed by atoms with Gasteiger partial charge < -0.3 is 15.6 Å². The second kappa shape index (κ2) is 6.43. The molecule has 2 rings (SSSR count). The van der Waals surface area contributed by atoms with E-state index in [1.807, 2.05) is 24.3 Å². The van der Waals surface area contributed by atoms with Crippen LogP contribution in [0.15, 0.2) is 46.9 Å². The zero-order chi connectivity index (χ0) is 14.5. The molecule has 0 aliphatic rings. The van der Waals surface area contributed by atoms with Crippen molar-refractivity contribution in [3.63, 3.8) is 0 Å². The highest BCUT2D eigenvalue weighted by atomic mass is 79.9. The Morgan fingerprint density at radius 3 is 2.60 bits per heavy atom. The van der Waals surface area contributed by atoms with E-state index in [2.05, 4.69) is 15.9 Å². The Morgan fingerprint density at radius 1 is 1.20 bits per heavy atom. The maximum atomic E-state index is 10.8. The number of halogens is 1. The first-order valence-electron chi connectivity index (χ1n) is 6.02. The SMILES string of the molecule is Nc1ccc(Br)c(OCc2ccccc2CC(=O)O)c1. The van der Waals surface area contributed by atoms with Gasteiger partial charge in [0.25, 0.3) is 0 Å². The Kier molecular flexibility index (Phi) is 4.63. The molecule has 3 N–H and O–H groups in total. The number of anilines is 1. The van der Waals surface area contributed by atoms with E-state index in [1.54, 1.807) is 18.2 Å². The molecule has 0 unspecified atom stereocenters. The quantitative estimate of drug-likeness (QED) is 0.822. The smallest absolute Gasteiger partial charge is 0.307 e. The summed E-state index contributed by atoms with van der Waals surface area (Å²) in [7, 11) is 0. The summed E-state index contributed by atoms with van der Waals surface area (Å²) >= 11 is 3.39. The number of hydrogen-bond donors (Lipinski definition) is 2. The van der Waals surface area contributed by atoms with Gasteiger partial charge in [0.1, 0.15) is 12.4 Å². The number of benzene rings is 2. The van der Waals surface area contributed by atoms with Crippen LogP contribution in [0, 0.1) is 0 Å². The zero-order valence-corrected chi connectivity index (χ0v) is 12.3. The molecular formula is C15H14BrNO3. The highest BCUT2D eigenvalue weighted by molar-refractivity contribution is 9.10. The number of nitrogens with two attached hydrogens (primary N) is 1. The fraction of sp³-hybridized carbons (Fsp3) is 0.133. The van der Waals surface area contributed by atoms with Crippen LogP contribution < -0.4 is 10.5 Å². The van der Waals surface area contributed by atoms with Crippen molar-refractivity contribution in [3.05, 3.63) is 58.1 Å². The molecule has 4 nitrogen and oxygen atoms in total. The molecule has 0 aliphatic heterocycles. The van der Waals surface area contributed by atoms with Gasteiger partial charge in [-0.2, -0.15) is 0 Å². The van der Waals surface area contributed by atoms with Crippen molar-refractivity contribution in [2.24, 2.45) is 0 Å². The number of hydrogen-bond acceptors (Lipinski definition) is 3. The van der Waals surface area contributed by atoms with Crippen molar-refractivity contribution < 1.29 is 14.6 Å². The second-order valence-corrected chi connectivity index (χ2v) is 5.17. The molecule has 2 aromatic rings. The van der Waals surface area contributed by atoms with E-state index in [0.717, 1.165) is 15.6 Å². The van der Waals surface area contributed by atoms with Gasteiger partial charge in [0.2, 0.25) is 0 Å². The third-order valence-corrected chi connectivity index (χ3v) is 3.45. The molecule has 0 spiro atoms. The van der Waals surface area contributed by atoms with Gasteiger partial charge in [-0.25, -0.2) is 0 Å². The van der Waals surface area contributed by atoms with Crippen molar-refractivity contribution in [2.75, 3.05) is 5.73 Å². The standard InChI is InChI=1S/C15H14BrNO3/c16-13-6-5-12(17)8-14(13)20-9-11-4-2-1-3-10(11)7-15(18)19/h1-6,8H,7,9,17H2,(H,18,19). The number of carboxylic acids is 1. The lowest BCUT2D eigenvalue weighted by Gasteiger charge is -2.11. The Morgan fingerprint density at radius 2 is 1.90 bits per heavy atom. The zero-order valence-electron chi connectivity index (χ0n) is 10.7. The molecule has 104 valence electrons. The van der Waals surface area contributed by atoms with Gasteiger partial charge in [0.15, 0.2) is 0 Å². The van der Waals surface area contributed by atoms with Crippen LogP contribution in [0.3, 0.4) is 0 Å². The first-order chi connectivity index (χ1) is 9.56. The molecule has 0 radical (unpaired) electrons. The van der Waals surface area contributed by atoms with Crippen molar-refractivity contribution in [3.8, 4) is 5.75 Å². The summed E-state index contributed by atoms with van der Waals surface area (Å²) in [5.41, 5.74) is 7.93. The van der Waals surface area contributed by atoms with E-state index in [4.69, 9.17) is 15.6 Å². The molecule has 0 saturated heterocycles. The van der Waals surface area contributed by atoms with E-state index < -0.39 is 5.97 Å². The van der Waals surface area contributed by atoms with Crippen LogP contribution >= 0.6 is 15.9 Å². The predicted molar refractivity (Wildman–Crippen MR) is 80.7 cm³/mol. The van der Waals surface area contributed by atoms with Crippen LogP contribution in [0.2, 0.25) is 0 Å². The minimum Gasteiger partial charge on any atom is -0.488 e. The van der Waals surface area contributed by atoms with Crippen LogP contribution in [0.1, 0.15) is 11.1 Å². The van der Waals surface area contributed by atoms with Crippen LogP contribution in [0.25, 0.3) is 0 Å². The molecule has 0 bridgehead atoms. The predicted octanol–water partition coefficient (Wildman–Crippen LogP) is 3.24. The normalized spacial score (nSPS) is 10.2. The lowest BCUT2D eigenvalue weighted by Crippen LogP contribution is -2.06. The van der Waals surface area contributed by atoms with Crippen molar-refractivity contribution >= 4 is 27.6 Å². The highest BCUT2D eigenvalue weighted by Gasteiger charge is 2.08. The molecule has 0 heterocycles. The minimum absolute atomic E-state index is 0.0162. The Labute approximate surface area is 125 Å². The Bertz CT molecular complexity index is 628. The summed E-state index contributed by atoms with van der Waals surface area (Å²) in [6, 6.07) is 12.6. The van der Waals surface area contributed by atoms with Gasteiger partial charge in [0.05, 0.1) is 10.9 Å². The van der Waals surface area contributed by atoms with E-state index >= 15 is 0 Å². The van der Waals surface area contributed by atoms with E-state index in [-0.39, 0.29) is 6.42 Å². The first-order valence-corrected chi connectivity index (χ1v) is 6.82. The largest absolute Gasteiger partial charge is 0.488 e. The van der Waals surface area contributed by atoms with E-state index in [1.165, 1.54) is 0 Å². The Hall–Kier alpha value is -2.01. The van der Waals surface area contributed by atoms with Crippen molar-refractivity contribution in [2.45, 2.75) is 13.0 Å². The van der Waals surface area contributed by atoms with Gasteiger partial charge in [-0.05, 0) is 39.2 Å². The summed E-state index contributed by atoms with van der Waals surface area (Å²) in [6.07, 6.45) is -0.0162. The minimum atomic E-state index is -0.859. The number of aliphatic carboxylic acids is 1. The van der Waals surface area contributed by atoms with Gasteiger partial charge in [-0.15, -0.1) is 0 Å². The van der Waals surface area contributed by atoms with Gasteiger partial charge >= 0.3 is 5.97 Å². The summed E-state index contributed by atoms with van der Waals surface area (Å²) in [4.78, 5) is 10.8. The molecule has 0 saturated carbocycles. The number of carboxylic acid groups (broad SMARTS) is 1. The van der Waals surface area contributed by atoms with E-state index in [9.17, 15) is 4.79 Å². The van der Waals surface area contributed by atoms with Crippen LogP contribution in [0.4, 0.5) is 5.69 Å². The Balaban J connectivity index is 2.14. The van der Waals surface area contributed by atoms with Crippen LogP contribution in [-0.4, -0.2) is 11.1 Å². The van der Waals surface area contributed by atoms with Crippen molar-refractivity contribution in [1.82, 2.24) is 0 Å². The molecule has 0 atom stereocenters. The topological polar surface area (TPSA) is 72.5 Å². The fourth-order valence-corrected chi connectivity index (χ4v) is 2.18. The first kappa shape index (κ1) is 14.4. The molecule has 2 aromatic carbocycles. The maximum absolute atomic E-state index is 10.8. The molecule has 20 heavy (non-hydrogen) atoms. The summed E-state index contributed by atoms with van der Waals surface area (Å²) < 4.78 is 6.51. The van der Waals surface area contributed by atoms with Crippen LogP contribution in [-0.2, 0) is 17.8 Å². The van der Waals surface area contributed by atoms with Crippen molar-refractivity contribution in [1.29, 1.82) is 0 Å². The summed E-state index contributed by atoms with van der Waals surface area (Å²) in [5.74, 6) is -0.224. The average Bonchev–Trinajstić information content (AvgIpc) is 2.41. The maximum Gasteiger partial charge on any atom is 0.307 e. The second-order valence-electron chi connectivity index (χ2n) is 4.32. The highest BCUT2D eigenvalue weighted by Crippen LogP contribution is 2.28. The summed E-state index contributed by atoms with van der Waals surface area (Å²) in [6.45, 7) is 0.297. The summed E-state index contributed by atoms with van der Waals surface area (Å²) in [5, 5.41) is 8.89. The lowest BCUT2D eigenvalue weighted by molar-refractivity contribution is -0.136. The van der Waals surface area contributed by atoms with Gasteiger partial charge in [-0.1, -0.05) is 24.3 Å². The average molecular weight is 336 g/mol. The molecular weight excluding hydrogens is 322 g/mol. The third kappa shape index (κ3) is 3.74. The molecule has 0 aliphatic carbocycles. The van der Waals surface area contributed by atoms with Gasteiger partial charge in [0, 0.05) is 11.8 Å². The van der Waals surface area contributed by atoms with Gasteiger partial charge in [-0.3, -0.25) is 4.79 Å². The number of nitrogen functional groups attached to an aromatic ring is 1. The number of rotatable bonds is 5. The molecule has 0 fully saturated rings. The van der Waals surface area contributed by atoms with E-state index in [0.29, 0.717) is 18.0 Å². The van der Waals surface area contributed by atoms with Crippen LogP contribution in [0.5, 0.6) is 5.75 Å². The number of ether oxygens (including phenoxy) is 1. The molecule has 0 aromatic heterocycles. The fourth-order valence-electron chi connectivity index (χ4n) is 1.82. The monoisotopic (exact) mass is 335 g/mol.